The summed E-state index contributed by atoms with van der Waals surface area (Å²) in [5.41, 5.74) is -0.117. The van der Waals surface area contributed by atoms with E-state index in [1.807, 2.05) is 0 Å². The van der Waals surface area contributed by atoms with Gasteiger partial charge in [0.05, 0.1) is 31.0 Å². The molecule has 0 aliphatic carbocycles. The number of methoxy groups -OCH3 is 1. The smallest absolute Gasteiger partial charge is 0.309 e. The van der Waals surface area contributed by atoms with Crippen LogP contribution >= 0.6 is 11.6 Å². The van der Waals surface area contributed by atoms with Crippen LogP contribution in [0.2, 0.25) is 5.02 Å². The van der Waals surface area contributed by atoms with E-state index in [1.165, 1.54) is 25.3 Å². The van der Waals surface area contributed by atoms with Crippen LogP contribution in [0.25, 0.3) is 0 Å². The lowest BCUT2D eigenvalue weighted by molar-refractivity contribution is -0.897. The summed E-state index contributed by atoms with van der Waals surface area (Å²) in [7, 11) is 1.37. The van der Waals surface area contributed by atoms with Gasteiger partial charge in [-0.15, -0.1) is 0 Å². The van der Waals surface area contributed by atoms with Crippen molar-refractivity contribution in [2.75, 3.05) is 32.1 Å². The van der Waals surface area contributed by atoms with E-state index < -0.39 is 4.92 Å². The largest absolute Gasteiger partial charge is 0.469 e. The van der Waals surface area contributed by atoms with Gasteiger partial charge in [-0.1, -0.05) is 11.6 Å². The van der Waals surface area contributed by atoms with Gasteiger partial charge in [-0.2, -0.15) is 0 Å². The van der Waals surface area contributed by atoms with Gasteiger partial charge in [-0.25, -0.2) is 0 Å². The fraction of sp³-hybridized carbons (Fsp3) is 0.467. The average molecular weight is 357 g/mol. The van der Waals surface area contributed by atoms with Gasteiger partial charge >= 0.3 is 5.97 Å². The molecule has 1 saturated heterocycles. The molecule has 1 heterocycles. The molecule has 1 fully saturated rings. The van der Waals surface area contributed by atoms with Crippen molar-refractivity contribution in [1.82, 2.24) is 0 Å². The number of anilines is 1. The number of nitrogens with zero attached hydrogens (tertiary/aromatic N) is 1. The molecule has 0 spiro atoms. The summed E-state index contributed by atoms with van der Waals surface area (Å²) in [5.74, 6) is -0.638. The summed E-state index contributed by atoms with van der Waals surface area (Å²) >= 11 is 5.75. The quantitative estimate of drug-likeness (QED) is 0.458. The lowest BCUT2D eigenvalue weighted by Gasteiger charge is -2.27. The Balaban J connectivity index is 1.91. The summed E-state index contributed by atoms with van der Waals surface area (Å²) < 4.78 is 4.73. The van der Waals surface area contributed by atoms with Gasteiger partial charge in [0.25, 0.3) is 11.6 Å². The minimum Gasteiger partial charge on any atom is -0.469 e. The first-order valence-electron chi connectivity index (χ1n) is 7.56. The van der Waals surface area contributed by atoms with Crippen LogP contribution in [-0.4, -0.2) is 43.5 Å². The number of rotatable bonds is 5. The summed E-state index contributed by atoms with van der Waals surface area (Å²) in [4.78, 5) is 35.1. The van der Waals surface area contributed by atoms with E-state index in [4.69, 9.17) is 16.3 Å². The van der Waals surface area contributed by atoms with Gasteiger partial charge in [0, 0.05) is 23.9 Å². The predicted molar refractivity (Wildman–Crippen MR) is 87.0 cm³/mol. The number of hydrogen-bond acceptors (Lipinski definition) is 5. The van der Waals surface area contributed by atoms with Crippen LogP contribution in [-0.2, 0) is 14.3 Å². The number of likely N-dealkylation sites (tertiary alicyclic amines) is 1. The molecule has 24 heavy (non-hydrogen) atoms. The highest BCUT2D eigenvalue weighted by Gasteiger charge is 2.29. The highest BCUT2D eigenvalue weighted by Crippen LogP contribution is 2.27. The zero-order chi connectivity index (χ0) is 17.7. The summed E-state index contributed by atoms with van der Waals surface area (Å²) in [6.45, 7) is 1.54. The fourth-order valence-electron chi connectivity index (χ4n) is 2.79. The number of nitro benzene ring substituents is 1. The number of piperidine rings is 1. The number of halogens is 1. The van der Waals surface area contributed by atoms with Crippen LogP contribution in [0.1, 0.15) is 12.8 Å². The Labute approximate surface area is 143 Å². The van der Waals surface area contributed by atoms with Crippen molar-refractivity contribution >= 4 is 34.9 Å². The van der Waals surface area contributed by atoms with Crippen molar-refractivity contribution in [3.8, 4) is 0 Å². The van der Waals surface area contributed by atoms with Crippen LogP contribution in [0.4, 0.5) is 11.4 Å². The SMILES string of the molecule is COC(=O)C1CC[NH+](CC(=O)Nc2ccc(Cl)cc2[N+](=O)[O-])CC1. The first-order chi connectivity index (χ1) is 11.4. The van der Waals surface area contributed by atoms with Gasteiger partial charge in [-0.05, 0) is 12.1 Å². The molecule has 2 N–H and O–H groups in total. The third-order valence-corrected chi connectivity index (χ3v) is 4.30. The Morgan fingerprint density at radius 1 is 1.42 bits per heavy atom. The van der Waals surface area contributed by atoms with Crippen LogP contribution in [0.15, 0.2) is 18.2 Å². The Morgan fingerprint density at radius 3 is 2.67 bits per heavy atom. The normalized spacial score (nSPS) is 20.2. The Kier molecular flexibility index (Phi) is 6.10. The second kappa shape index (κ2) is 8.07. The molecule has 8 nitrogen and oxygen atoms in total. The predicted octanol–water partition coefficient (Wildman–Crippen LogP) is 0.655. The highest BCUT2D eigenvalue weighted by molar-refractivity contribution is 6.31. The monoisotopic (exact) mass is 356 g/mol. The van der Waals surface area contributed by atoms with E-state index in [1.54, 1.807) is 0 Å². The molecular weight excluding hydrogens is 338 g/mol. The molecule has 0 unspecified atom stereocenters. The molecule has 1 amide bonds. The maximum atomic E-state index is 12.1. The zero-order valence-electron chi connectivity index (χ0n) is 13.2. The second-order valence-electron chi connectivity index (χ2n) is 5.69. The third kappa shape index (κ3) is 4.65. The average Bonchev–Trinajstić information content (AvgIpc) is 2.56. The van der Waals surface area contributed by atoms with Gasteiger partial charge in [-0.3, -0.25) is 19.7 Å². The van der Waals surface area contributed by atoms with Gasteiger partial charge in [0.1, 0.15) is 5.69 Å². The second-order valence-corrected chi connectivity index (χ2v) is 6.13. The Bertz CT molecular complexity index is 644. The summed E-state index contributed by atoms with van der Waals surface area (Å²) in [6, 6.07) is 4.10. The van der Waals surface area contributed by atoms with Crippen LogP contribution < -0.4 is 10.2 Å². The molecule has 2 rings (SSSR count). The maximum Gasteiger partial charge on any atom is 0.309 e. The maximum absolute atomic E-state index is 12.1. The molecule has 0 radical (unpaired) electrons. The number of carbonyl (C=O) groups is 2. The molecule has 0 saturated carbocycles. The number of nitro groups is 1. The third-order valence-electron chi connectivity index (χ3n) is 4.07. The van der Waals surface area contributed by atoms with E-state index in [0.29, 0.717) is 25.9 Å². The van der Waals surface area contributed by atoms with Crippen molar-refractivity contribution in [2.24, 2.45) is 5.92 Å². The lowest BCUT2D eigenvalue weighted by atomic mass is 9.97. The van der Waals surface area contributed by atoms with E-state index in [-0.39, 0.29) is 40.7 Å². The lowest BCUT2D eigenvalue weighted by Crippen LogP contribution is -3.14. The highest BCUT2D eigenvalue weighted by atomic mass is 35.5. The Hall–Kier alpha value is -2.19. The summed E-state index contributed by atoms with van der Waals surface area (Å²) in [5, 5.41) is 13.8. The molecule has 1 aromatic carbocycles. The van der Waals surface area contributed by atoms with E-state index >= 15 is 0 Å². The number of esters is 1. The van der Waals surface area contributed by atoms with Crippen molar-refractivity contribution in [2.45, 2.75) is 12.8 Å². The van der Waals surface area contributed by atoms with Gasteiger partial charge in [0.2, 0.25) is 0 Å². The van der Waals surface area contributed by atoms with Gasteiger partial charge in [0.15, 0.2) is 6.54 Å². The molecule has 1 aliphatic rings. The van der Waals surface area contributed by atoms with Gasteiger partial charge < -0.3 is 15.0 Å². The topological polar surface area (TPSA) is 103 Å². The molecule has 0 bridgehead atoms. The molecule has 1 aromatic rings. The van der Waals surface area contributed by atoms with E-state index in [2.05, 4.69) is 5.32 Å². The first kappa shape index (κ1) is 18.2. The van der Waals surface area contributed by atoms with Crippen LogP contribution in [0, 0.1) is 16.0 Å². The number of ether oxygens (including phenoxy) is 1. The van der Waals surface area contributed by atoms with E-state index in [9.17, 15) is 19.7 Å². The fourth-order valence-corrected chi connectivity index (χ4v) is 2.95. The number of carbonyl (C=O) groups excluding carboxylic acids is 2. The minimum atomic E-state index is -0.587. The number of hydrogen-bond donors (Lipinski definition) is 2. The minimum absolute atomic E-state index is 0.112. The van der Waals surface area contributed by atoms with Crippen molar-refractivity contribution in [3.05, 3.63) is 33.3 Å². The Morgan fingerprint density at radius 2 is 2.08 bits per heavy atom. The first-order valence-corrected chi connectivity index (χ1v) is 7.93. The van der Waals surface area contributed by atoms with Crippen molar-refractivity contribution < 1.29 is 24.1 Å². The zero-order valence-corrected chi connectivity index (χ0v) is 14.0. The van der Waals surface area contributed by atoms with Crippen molar-refractivity contribution in [3.63, 3.8) is 0 Å². The van der Waals surface area contributed by atoms with Crippen molar-refractivity contribution in [1.29, 1.82) is 0 Å². The molecule has 0 atom stereocenters. The number of amides is 1. The number of quaternary nitrogens is 1. The number of benzene rings is 1. The molecular formula is C15H19ClN3O5+. The molecule has 9 heteroatoms. The van der Waals surface area contributed by atoms with Crippen LogP contribution in [0.5, 0.6) is 0 Å². The standard InChI is InChI=1S/C15H18ClN3O5/c1-24-15(21)10-4-6-18(7-5-10)9-14(20)17-12-3-2-11(16)8-13(12)19(22)23/h2-3,8,10H,4-7,9H2,1H3,(H,17,20)/p+1. The van der Waals surface area contributed by atoms with Crippen LogP contribution in [0.3, 0.4) is 0 Å². The summed E-state index contributed by atoms with van der Waals surface area (Å²) in [6.07, 6.45) is 1.33. The molecule has 130 valence electrons. The molecule has 1 aliphatic heterocycles. The van der Waals surface area contributed by atoms with E-state index in [0.717, 1.165) is 4.90 Å². The molecule has 0 aromatic heterocycles. The number of nitrogens with one attached hydrogen (secondary N) is 2.